The highest BCUT2D eigenvalue weighted by Gasteiger charge is 2.26. The summed E-state index contributed by atoms with van der Waals surface area (Å²) >= 11 is 1.80. The normalized spacial score (nSPS) is 15.5. The molecule has 1 heterocycles. The lowest BCUT2D eigenvalue weighted by molar-refractivity contribution is -0.122. The van der Waals surface area contributed by atoms with Crippen molar-refractivity contribution in [3.05, 3.63) is 65.3 Å². The maximum Gasteiger partial charge on any atom is 0.168 e. The maximum absolute atomic E-state index is 13.0. The van der Waals surface area contributed by atoms with Gasteiger partial charge >= 0.3 is 0 Å². The van der Waals surface area contributed by atoms with E-state index >= 15 is 0 Å². The van der Waals surface area contributed by atoms with Crippen molar-refractivity contribution in [2.75, 3.05) is 36.6 Å². The van der Waals surface area contributed by atoms with Crippen LogP contribution in [0.15, 0.2) is 59.7 Å². The molecule has 0 aliphatic carbocycles. The van der Waals surface area contributed by atoms with Crippen molar-refractivity contribution in [1.29, 1.82) is 0 Å². The van der Waals surface area contributed by atoms with Crippen LogP contribution >= 0.6 is 11.8 Å². The molecule has 0 atom stereocenters. The van der Waals surface area contributed by atoms with Crippen molar-refractivity contribution in [3.8, 4) is 5.75 Å². The van der Waals surface area contributed by atoms with Gasteiger partial charge in [0.25, 0.3) is 0 Å². The fourth-order valence-corrected chi connectivity index (χ4v) is 4.42. The number of thioether (sulfide) groups is 1. The molecule has 2 rings (SSSR count). The standard InChI is InChI=1S/C31H45NO2S/c1-9-13-29(30(33)31(5,6)7)24(4)23(3)14-15-25(10-2)26-20-27(32-16-11-12-17-32)22-28(21-26)34-18-19-35-8/h13-15,20-22H,4,9-12,16-19H2,1-3,5-8H3/b23-14-,25-15+,29-13+. The molecule has 0 amide bonds. The number of hydrogen-bond acceptors (Lipinski definition) is 4. The first-order valence-electron chi connectivity index (χ1n) is 13.0. The summed E-state index contributed by atoms with van der Waals surface area (Å²) in [6.45, 7) is 19.4. The van der Waals surface area contributed by atoms with E-state index in [2.05, 4.69) is 61.9 Å². The van der Waals surface area contributed by atoms with Gasteiger partial charge in [0, 0.05) is 41.6 Å². The number of rotatable bonds is 12. The van der Waals surface area contributed by atoms with Crippen LogP contribution in [0.5, 0.6) is 5.75 Å². The molecule has 1 fully saturated rings. The van der Waals surface area contributed by atoms with Gasteiger partial charge in [0.2, 0.25) is 0 Å². The quantitative estimate of drug-likeness (QED) is 0.166. The van der Waals surface area contributed by atoms with Crippen LogP contribution in [0.25, 0.3) is 5.57 Å². The van der Waals surface area contributed by atoms with Crippen LogP contribution in [0, 0.1) is 5.41 Å². The van der Waals surface area contributed by atoms with Gasteiger partial charge in [-0.1, -0.05) is 59.4 Å². The fraction of sp³-hybridized carbons (Fsp3) is 0.516. The number of carbonyl (C=O) groups is 1. The number of hydrogen-bond donors (Lipinski definition) is 0. The summed E-state index contributed by atoms with van der Waals surface area (Å²) in [5, 5.41) is 0. The Kier molecular flexibility index (Phi) is 11.4. The van der Waals surface area contributed by atoms with Gasteiger partial charge in [0.05, 0.1) is 6.61 Å². The van der Waals surface area contributed by atoms with Gasteiger partial charge in [-0.3, -0.25) is 4.79 Å². The Balaban J connectivity index is 2.39. The number of ether oxygens (including phenoxy) is 1. The number of nitrogens with zero attached hydrogens (tertiary/aromatic N) is 1. The summed E-state index contributed by atoms with van der Waals surface area (Å²) in [5.74, 6) is 2.05. The minimum absolute atomic E-state index is 0.141. The van der Waals surface area contributed by atoms with E-state index in [-0.39, 0.29) is 5.78 Å². The topological polar surface area (TPSA) is 29.5 Å². The summed E-state index contributed by atoms with van der Waals surface area (Å²) in [6, 6.07) is 6.65. The highest BCUT2D eigenvalue weighted by atomic mass is 32.2. The van der Waals surface area contributed by atoms with Gasteiger partial charge < -0.3 is 9.64 Å². The molecule has 0 spiro atoms. The van der Waals surface area contributed by atoms with Gasteiger partial charge in [-0.25, -0.2) is 0 Å². The molecule has 1 aromatic carbocycles. The van der Waals surface area contributed by atoms with E-state index < -0.39 is 5.41 Å². The Morgan fingerprint density at radius 2 is 1.83 bits per heavy atom. The van der Waals surface area contributed by atoms with Crippen LogP contribution in [-0.4, -0.2) is 37.5 Å². The molecule has 1 saturated heterocycles. The van der Waals surface area contributed by atoms with Crippen LogP contribution in [0.2, 0.25) is 0 Å². The number of carbonyl (C=O) groups excluding carboxylic acids is 1. The first-order valence-corrected chi connectivity index (χ1v) is 14.4. The smallest absolute Gasteiger partial charge is 0.168 e. The predicted octanol–water partition coefficient (Wildman–Crippen LogP) is 8.28. The Morgan fingerprint density at radius 1 is 1.14 bits per heavy atom. The van der Waals surface area contributed by atoms with Crippen LogP contribution in [0.1, 0.15) is 72.8 Å². The molecule has 1 aromatic rings. The van der Waals surface area contributed by atoms with E-state index in [0.29, 0.717) is 6.61 Å². The second-order valence-electron chi connectivity index (χ2n) is 10.2. The highest BCUT2D eigenvalue weighted by Crippen LogP contribution is 2.32. The third-order valence-corrected chi connectivity index (χ3v) is 6.91. The van der Waals surface area contributed by atoms with Gasteiger partial charge in [-0.05, 0) is 73.3 Å². The molecular weight excluding hydrogens is 450 g/mol. The SMILES string of the molecule is C=C(/C(C)=C\C=C(/CC)c1cc(OCCSC)cc(N2CCCC2)c1)/C(=C\CC)C(=O)C(C)(C)C. The van der Waals surface area contributed by atoms with Crippen molar-refractivity contribution in [2.45, 2.75) is 67.2 Å². The molecule has 192 valence electrons. The van der Waals surface area contributed by atoms with E-state index in [4.69, 9.17) is 4.74 Å². The fourth-order valence-electron chi connectivity index (χ4n) is 4.17. The lowest BCUT2D eigenvalue weighted by atomic mass is 9.82. The molecule has 0 saturated carbocycles. The summed E-state index contributed by atoms with van der Waals surface area (Å²) in [6.07, 6.45) is 12.6. The van der Waals surface area contributed by atoms with E-state index in [0.717, 1.165) is 54.2 Å². The van der Waals surface area contributed by atoms with Crippen molar-refractivity contribution < 1.29 is 9.53 Å². The molecular formula is C31H45NO2S. The minimum atomic E-state index is -0.433. The van der Waals surface area contributed by atoms with Crippen LogP contribution in [0.3, 0.4) is 0 Å². The van der Waals surface area contributed by atoms with Gasteiger partial charge in [0.15, 0.2) is 5.78 Å². The lowest BCUT2D eigenvalue weighted by Crippen LogP contribution is -2.23. The highest BCUT2D eigenvalue weighted by molar-refractivity contribution is 7.98. The predicted molar refractivity (Wildman–Crippen MR) is 156 cm³/mol. The molecule has 0 radical (unpaired) electrons. The molecule has 3 nitrogen and oxygen atoms in total. The number of Topliss-reactive ketones (excluding diaryl/α,β-unsaturated/α-hetero) is 1. The first-order chi connectivity index (χ1) is 16.6. The Hall–Kier alpha value is -2.20. The third-order valence-electron chi connectivity index (χ3n) is 6.34. The number of allylic oxidation sites excluding steroid dienone is 7. The van der Waals surface area contributed by atoms with Gasteiger partial charge in [0.1, 0.15) is 5.75 Å². The zero-order chi connectivity index (χ0) is 26.0. The van der Waals surface area contributed by atoms with Crippen molar-refractivity contribution in [3.63, 3.8) is 0 Å². The Labute approximate surface area is 218 Å². The minimum Gasteiger partial charge on any atom is -0.493 e. The van der Waals surface area contributed by atoms with Gasteiger partial charge in [-0.15, -0.1) is 0 Å². The third kappa shape index (κ3) is 8.45. The first kappa shape index (κ1) is 29.0. The van der Waals surface area contributed by atoms with Crippen molar-refractivity contribution in [2.24, 2.45) is 5.41 Å². The second-order valence-corrected chi connectivity index (χ2v) is 11.2. The van der Waals surface area contributed by atoms with E-state index in [9.17, 15) is 4.79 Å². The van der Waals surface area contributed by atoms with E-state index in [1.807, 2.05) is 33.8 Å². The Morgan fingerprint density at radius 3 is 2.40 bits per heavy atom. The number of anilines is 1. The average Bonchev–Trinajstić information content (AvgIpc) is 3.36. The zero-order valence-corrected chi connectivity index (χ0v) is 23.8. The maximum atomic E-state index is 13.0. The molecule has 35 heavy (non-hydrogen) atoms. The number of ketones is 1. The van der Waals surface area contributed by atoms with E-state index in [1.54, 1.807) is 11.8 Å². The summed E-state index contributed by atoms with van der Waals surface area (Å²) in [4.78, 5) is 15.5. The van der Waals surface area contributed by atoms with Crippen LogP contribution < -0.4 is 9.64 Å². The second kappa shape index (κ2) is 13.8. The Bertz CT molecular complexity index is 972. The average molecular weight is 496 g/mol. The number of benzene rings is 1. The lowest BCUT2D eigenvalue weighted by Gasteiger charge is -2.21. The largest absolute Gasteiger partial charge is 0.493 e. The summed E-state index contributed by atoms with van der Waals surface area (Å²) < 4.78 is 6.11. The van der Waals surface area contributed by atoms with Crippen LogP contribution in [0.4, 0.5) is 5.69 Å². The molecule has 0 unspecified atom stereocenters. The van der Waals surface area contributed by atoms with E-state index in [1.165, 1.54) is 29.7 Å². The summed E-state index contributed by atoms with van der Waals surface area (Å²) in [5.41, 5.74) is 5.81. The monoisotopic (exact) mass is 495 g/mol. The van der Waals surface area contributed by atoms with Gasteiger partial charge in [-0.2, -0.15) is 11.8 Å². The molecule has 1 aliphatic heterocycles. The molecule has 0 N–H and O–H groups in total. The van der Waals surface area contributed by atoms with Crippen molar-refractivity contribution >= 4 is 28.8 Å². The molecule has 0 bridgehead atoms. The molecule has 4 heteroatoms. The summed E-state index contributed by atoms with van der Waals surface area (Å²) in [7, 11) is 0. The molecule has 1 aliphatic rings. The molecule has 0 aromatic heterocycles. The zero-order valence-electron chi connectivity index (χ0n) is 23.0. The van der Waals surface area contributed by atoms with Crippen molar-refractivity contribution in [1.82, 2.24) is 0 Å². The van der Waals surface area contributed by atoms with Crippen LogP contribution in [-0.2, 0) is 4.79 Å².